The average Bonchev–Trinajstić information content (AvgIpc) is 3.18. The summed E-state index contributed by atoms with van der Waals surface area (Å²) in [5.41, 5.74) is 0.851. The van der Waals surface area contributed by atoms with Crippen molar-refractivity contribution in [2.75, 3.05) is 31.1 Å². The first-order chi connectivity index (χ1) is 13.8. The minimum Gasteiger partial charge on any atom is -0.345 e. The van der Waals surface area contributed by atoms with Gasteiger partial charge in [0.05, 0.1) is 10.6 Å². The molecule has 1 aliphatic rings. The fourth-order valence-electron chi connectivity index (χ4n) is 3.14. The van der Waals surface area contributed by atoms with E-state index in [4.69, 9.17) is 11.6 Å². The molecule has 10 heteroatoms. The van der Waals surface area contributed by atoms with Gasteiger partial charge in [-0.2, -0.15) is 4.31 Å². The van der Waals surface area contributed by atoms with Gasteiger partial charge >= 0.3 is 0 Å². The molecule has 0 saturated carbocycles. The zero-order valence-electron chi connectivity index (χ0n) is 15.1. The van der Waals surface area contributed by atoms with E-state index in [1.54, 1.807) is 17.5 Å². The molecule has 1 fully saturated rings. The number of thiazole rings is 1. The number of sulfonamides is 1. The molecule has 0 unspecified atom stereocenters. The zero-order chi connectivity index (χ0) is 20.6. The lowest BCUT2D eigenvalue weighted by molar-refractivity contribution is 0.385. The highest BCUT2D eigenvalue weighted by Crippen LogP contribution is 2.30. The number of nitrogens with zero attached hydrogens (tertiary/aromatic N) is 3. The summed E-state index contributed by atoms with van der Waals surface area (Å²) >= 11 is 7.27. The van der Waals surface area contributed by atoms with Crippen molar-refractivity contribution in [3.8, 4) is 11.3 Å². The van der Waals surface area contributed by atoms with Crippen molar-refractivity contribution in [3.05, 3.63) is 64.5 Å². The Labute approximate surface area is 176 Å². The minimum atomic E-state index is -3.62. The number of aromatic nitrogens is 1. The van der Waals surface area contributed by atoms with Crippen LogP contribution in [0.25, 0.3) is 11.3 Å². The highest BCUT2D eigenvalue weighted by Gasteiger charge is 2.29. The highest BCUT2D eigenvalue weighted by molar-refractivity contribution is 7.89. The molecule has 4 rings (SSSR count). The lowest BCUT2D eigenvalue weighted by Gasteiger charge is -2.33. The van der Waals surface area contributed by atoms with Crippen LogP contribution >= 0.6 is 22.9 Å². The zero-order valence-corrected chi connectivity index (χ0v) is 17.4. The lowest BCUT2D eigenvalue weighted by Crippen LogP contribution is -2.48. The SMILES string of the molecule is O=S(=O)(c1cccc(Cl)c1)N1CCN(c2nc(-c3cc(F)cc(F)c3)cs2)CC1. The number of rotatable bonds is 4. The molecule has 152 valence electrons. The number of piperazine rings is 1. The summed E-state index contributed by atoms with van der Waals surface area (Å²) in [6.45, 7) is 1.53. The quantitative estimate of drug-likeness (QED) is 0.590. The number of hydrogen-bond donors (Lipinski definition) is 0. The third kappa shape index (κ3) is 4.28. The molecule has 2 aromatic carbocycles. The van der Waals surface area contributed by atoms with Gasteiger partial charge in [0.15, 0.2) is 5.13 Å². The van der Waals surface area contributed by atoms with Crippen LogP contribution in [0.5, 0.6) is 0 Å². The molecule has 5 nitrogen and oxygen atoms in total. The molecule has 1 aromatic heterocycles. The van der Waals surface area contributed by atoms with E-state index in [-0.39, 0.29) is 4.90 Å². The van der Waals surface area contributed by atoms with Gasteiger partial charge in [0.2, 0.25) is 10.0 Å². The topological polar surface area (TPSA) is 53.5 Å². The van der Waals surface area contributed by atoms with Crippen LogP contribution in [0.1, 0.15) is 0 Å². The van der Waals surface area contributed by atoms with Crippen LogP contribution in [-0.4, -0.2) is 43.9 Å². The Morgan fingerprint density at radius 3 is 2.34 bits per heavy atom. The van der Waals surface area contributed by atoms with Crippen molar-refractivity contribution in [2.45, 2.75) is 4.90 Å². The van der Waals surface area contributed by atoms with E-state index < -0.39 is 21.7 Å². The Hall–Kier alpha value is -2.07. The van der Waals surface area contributed by atoms with Crippen molar-refractivity contribution in [3.63, 3.8) is 0 Å². The first-order valence-electron chi connectivity index (χ1n) is 8.75. The lowest BCUT2D eigenvalue weighted by atomic mass is 10.1. The molecule has 0 atom stereocenters. The number of halogens is 3. The first kappa shape index (κ1) is 20.2. The van der Waals surface area contributed by atoms with Crippen LogP contribution in [-0.2, 0) is 10.0 Å². The van der Waals surface area contributed by atoms with Gasteiger partial charge in [-0.1, -0.05) is 17.7 Å². The number of anilines is 1. The Kier molecular flexibility index (Phi) is 5.56. The summed E-state index contributed by atoms with van der Waals surface area (Å²) in [6, 6.07) is 9.49. The van der Waals surface area contributed by atoms with Crippen molar-refractivity contribution in [1.82, 2.24) is 9.29 Å². The Balaban J connectivity index is 1.47. The normalized spacial score (nSPS) is 15.6. The van der Waals surface area contributed by atoms with Crippen molar-refractivity contribution >= 4 is 38.1 Å². The molecular formula is C19H16ClF2N3O2S2. The van der Waals surface area contributed by atoms with E-state index in [0.717, 1.165) is 6.07 Å². The molecule has 3 aromatic rings. The van der Waals surface area contributed by atoms with E-state index in [9.17, 15) is 17.2 Å². The average molecular weight is 456 g/mol. The third-order valence-corrected chi connectivity index (χ3v) is 7.62. The molecule has 0 radical (unpaired) electrons. The molecule has 0 aliphatic carbocycles. The van der Waals surface area contributed by atoms with Gasteiger partial charge in [0.1, 0.15) is 11.6 Å². The molecule has 29 heavy (non-hydrogen) atoms. The molecular weight excluding hydrogens is 440 g/mol. The van der Waals surface area contributed by atoms with E-state index in [1.165, 1.54) is 39.9 Å². The molecule has 0 spiro atoms. The summed E-state index contributed by atoms with van der Waals surface area (Å²) in [6.07, 6.45) is 0. The van der Waals surface area contributed by atoms with Gasteiger partial charge in [-0.25, -0.2) is 22.2 Å². The van der Waals surface area contributed by atoms with Crippen LogP contribution in [0.4, 0.5) is 13.9 Å². The van der Waals surface area contributed by atoms with Gasteiger partial charge in [-0.15, -0.1) is 11.3 Å². The molecule has 2 heterocycles. The van der Waals surface area contributed by atoms with Gasteiger partial charge in [0.25, 0.3) is 0 Å². The fourth-order valence-corrected chi connectivity index (χ4v) is 5.75. The summed E-state index contributed by atoms with van der Waals surface area (Å²) in [5.74, 6) is -1.32. The summed E-state index contributed by atoms with van der Waals surface area (Å²) in [7, 11) is -3.62. The molecule has 0 N–H and O–H groups in total. The van der Waals surface area contributed by atoms with Crippen LogP contribution in [0.2, 0.25) is 5.02 Å². The van der Waals surface area contributed by atoms with Crippen LogP contribution in [0, 0.1) is 11.6 Å². The van der Waals surface area contributed by atoms with E-state index in [0.29, 0.717) is 47.6 Å². The summed E-state index contributed by atoms with van der Waals surface area (Å²) < 4.78 is 53.9. The van der Waals surface area contributed by atoms with Gasteiger partial charge in [-0.05, 0) is 30.3 Å². The van der Waals surface area contributed by atoms with Crippen molar-refractivity contribution < 1.29 is 17.2 Å². The van der Waals surface area contributed by atoms with Crippen LogP contribution in [0.15, 0.2) is 52.7 Å². The maximum absolute atomic E-state index is 13.4. The van der Waals surface area contributed by atoms with E-state index >= 15 is 0 Å². The Morgan fingerprint density at radius 2 is 1.69 bits per heavy atom. The standard InChI is InChI=1S/C19H16ClF2N3O2S2/c20-14-2-1-3-17(10-14)29(26,27)25-6-4-24(5-7-25)19-23-18(12-28-19)13-8-15(21)11-16(22)9-13/h1-3,8-12H,4-7H2. The van der Waals surface area contributed by atoms with Gasteiger partial charge in [-0.3, -0.25) is 0 Å². The second-order valence-electron chi connectivity index (χ2n) is 6.52. The molecule has 0 amide bonds. The van der Waals surface area contributed by atoms with E-state index in [2.05, 4.69) is 4.98 Å². The predicted octanol–water partition coefficient (Wildman–Crippen LogP) is 4.25. The predicted molar refractivity (Wildman–Crippen MR) is 110 cm³/mol. The monoisotopic (exact) mass is 455 g/mol. The molecule has 1 saturated heterocycles. The molecule has 1 aliphatic heterocycles. The number of hydrogen-bond acceptors (Lipinski definition) is 5. The van der Waals surface area contributed by atoms with Gasteiger partial charge in [0, 0.05) is 48.2 Å². The minimum absolute atomic E-state index is 0.170. The Bertz CT molecular complexity index is 1130. The fraction of sp³-hybridized carbons (Fsp3) is 0.211. The maximum Gasteiger partial charge on any atom is 0.243 e. The van der Waals surface area contributed by atoms with E-state index in [1.807, 2.05) is 4.90 Å². The van der Waals surface area contributed by atoms with Crippen molar-refractivity contribution in [1.29, 1.82) is 0 Å². The third-order valence-electron chi connectivity index (χ3n) is 4.59. The molecule has 0 bridgehead atoms. The summed E-state index contributed by atoms with van der Waals surface area (Å²) in [5, 5.41) is 2.79. The highest BCUT2D eigenvalue weighted by atomic mass is 35.5. The second kappa shape index (κ2) is 7.98. The summed E-state index contributed by atoms with van der Waals surface area (Å²) in [4.78, 5) is 6.60. The van der Waals surface area contributed by atoms with Crippen molar-refractivity contribution in [2.24, 2.45) is 0 Å². The second-order valence-corrected chi connectivity index (χ2v) is 9.73. The number of benzene rings is 2. The Morgan fingerprint density at radius 1 is 1.00 bits per heavy atom. The largest absolute Gasteiger partial charge is 0.345 e. The van der Waals surface area contributed by atoms with Gasteiger partial charge < -0.3 is 4.90 Å². The maximum atomic E-state index is 13.4. The van der Waals surface area contributed by atoms with Crippen LogP contribution in [0.3, 0.4) is 0 Å². The smallest absolute Gasteiger partial charge is 0.243 e. The van der Waals surface area contributed by atoms with Crippen LogP contribution < -0.4 is 4.90 Å². The first-order valence-corrected chi connectivity index (χ1v) is 11.5.